The SMILES string of the molecule is Cc1ccc(Nc2nc(NCCCCNc3nc(OC(C(F)(F)F)C(F)(F)F)nc(OC(C(F)(F)F)C(F)(F)F)n3)nc(Nc3ccc(C)cc3)n2)cc1. The summed E-state index contributed by atoms with van der Waals surface area (Å²) in [6, 6.07) is 10.8. The van der Waals surface area contributed by atoms with Crippen LogP contribution in [0.2, 0.25) is 0 Å². The molecule has 0 saturated heterocycles. The molecule has 0 aliphatic heterocycles. The maximum absolute atomic E-state index is 13.1. The third kappa shape index (κ3) is 12.5. The second kappa shape index (κ2) is 16.6. The molecule has 0 radical (unpaired) electrons. The lowest BCUT2D eigenvalue weighted by Crippen LogP contribution is -2.47. The van der Waals surface area contributed by atoms with Gasteiger partial charge in [-0.1, -0.05) is 35.4 Å². The number of hydrogen-bond acceptors (Lipinski definition) is 12. The smallest absolute Gasteiger partial charge is 0.434 e. The molecule has 2 aromatic heterocycles. The van der Waals surface area contributed by atoms with Gasteiger partial charge in [-0.25, -0.2) is 0 Å². The summed E-state index contributed by atoms with van der Waals surface area (Å²) in [5.41, 5.74) is 3.37. The van der Waals surface area contributed by atoms with Crippen LogP contribution < -0.4 is 30.7 Å². The van der Waals surface area contributed by atoms with Crippen LogP contribution in [0.4, 0.5) is 87.9 Å². The van der Waals surface area contributed by atoms with Crippen molar-refractivity contribution >= 4 is 35.2 Å². The van der Waals surface area contributed by atoms with Crippen LogP contribution in [0, 0.1) is 13.8 Å². The molecule has 294 valence electrons. The molecule has 2 aromatic carbocycles. The lowest BCUT2D eigenvalue weighted by molar-refractivity contribution is -0.302. The van der Waals surface area contributed by atoms with Gasteiger partial charge in [-0.2, -0.15) is 77.6 Å². The van der Waals surface area contributed by atoms with Crippen molar-refractivity contribution in [3.8, 4) is 12.0 Å². The van der Waals surface area contributed by atoms with E-state index in [4.69, 9.17) is 0 Å². The molecular weight excluding hydrogens is 760 g/mol. The van der Waals surface area contributed by atoms with Gasteiger partial charge in [0.15, 0.2) is 0 Å². The third-order valence-electron chi connectivity index (χ3n) is 6.65. The topological polar surface area (TPSA) is 144 Å². The Morgan fingerprint density at radius 2 is 0.778 bits per heavy atom. The first-order valence-electron chi connectivity index (χ1n) is 15.3. The number of unbranched alkanes of at least 4 members (excludes halogenated alkanes) is 1. The first-order valence-corrected chi connectivity index (χ1v) is 15.3. The van der Waals surface area contributed by atoms with E-state index in [0.717, 1.165) is 11.1 Å². The van der Waals surface area contributed by atoms with Gasteiger partial charge in [0.25, 0.3) is 12.2 Å². The number of nitrogens with zero attached hydrogens (tertiary/aromatic N) is 6. The van der Waals surface area contributed by atoms with Crippen LogP contribution in [0.3, 0.4) is 0 Å². The number of alkyl halides is 12. The first kappa shape index (κ1) is 41.2. The molecule has 4 N–H and O–H groups in total. The second-order valence-corrected chi connectivity index (χ2v) is 11.2. The number of aryl methyl sites for hydroxylation is 2. The van der Waals surface area contributed by atoms with Gasteiger partial charge in [0.2, 0.25) is 23.8 Å². The zero-order valence-electron chi connectivity index (χ0n) is 27.6. The number of nitrogens with one attached hydrogen (secondary N) is 4. The van der Waals surface area contributed by atoms with Gasteiger partial charge in [0, 0.05) is 24.5 Å². The van der Waals surface area contributed by atoms with Gasteiger partial charge in [0.05, 0.1) is 0 Å². The van der Waals surface area contributed by atoms with E-state index in [1.165, 1.54) is 0 Å². The predicted octanol–water partition coefficient (Wildman–Crippen LogP) is 8.21. The molecule has 54 heavy (non-hydrogen) atoms. The van der Waals surface area contributed by atoms with Crippen molar-refractivity contribution in [2.45, 2.75) is 63.6 Å². The molecule has 2 heterocycles. The van der Waals surface area contributed by atoms with Gasteiger partial charge in [-0.3, -0.25) is 0 Å². The molecule has 0 aliphatic rings. The van der Waals surface area contributed by atoms with Crippen molar-refractivity contribution in [3.05, 3.63) is 59.7 Å². The lowest BCUT2D eigenvalue weighted by Gasteiger charge is -2.24. The van der Waals surface area contributed by atoms with E-state index in [1.54, 1.807) is 24.3 Å². The standard InChI is InChI=1S/C30H28F12N10O2/c1-15-5-9-17(10-6-15)45-23-47-21(48-24(49-23)46-18-11-7-16(2)8-12-18)43-13-3-4-14-44-22-50-25(53-19(27(31,32)33)28(34,35)36)52-26(51-22)54-20(29(37,38)39)30(40,41)42/h5-12,19-20H,3-4,13-14H2,1-2H3,(H,44,50,51,52)(H3,43,45,46,47,48,49). The normalized spacial score (nSPS) is 12.5. The van der Waals surface area contributed by atoms with Crippen molar-refractivity contribution < 1.29 is 62.2 Å². The Morgan fingerprint density at radius 3 is 1.11 bits per heavy atom. The fraction of sp³-hybridized carbons (Fsp3) is 0.400. The molecule has 0 amide bonds. The molecule has 4 aromatic rings. The molecule has 0 spiro atoms. The third-order valence-corrected chi connectivity index (χ3v) is 6.65. The average molecular weight is 789 g/mol. The lowest BCUT2D eigenvalue weighted by atomic mass is 10.2. The second-order valence-electron chi connectivity index (χ2n) is 11.2. The van der Waals surface area contributed by atoms with Gasteiger partial charge < -0.3 is 30.7 Å². The molecule has 0 saturated carbocycles. The molecule has 12 nitrogen and oxygen atoms in total. The molecule has 0 atom stereocenters. The highest BCUT2D eigenvalue weighted by atomic mass is 19.4. The zero-order valence-corrected chi connectivity index (χ0v) is 27.6. The maximum atomic E-state index is 13.1. The number of hydrogen-bond donors (Lipinski definition) is 4. The number of rotatable bonds is 15. The highest BCUT2D eigenvalue weighted by Crippen LogP contribution is 2.38. The maximum Gasteiger partial charge on any atom is 0.434 e. The van der Waals surface area contributed by atoms with Crippen LogP contribution in [-0.4, -0.2) is 79.9 Å². The summed E-state index contributed by atoms with van der Waals surface area (Å²) in [5.74, 6) is -0.619. The van der Waals surface area contributed by atoms with Crippen molar-refractivity contribution in [3.63, 3.8) is 0 Å². The Morgan fingerprint density at radius 1 is 0.463 bits per heavy atom. The van der Waals surface area contributed by atoms with Crippen molar-refractivity contribution in [2.24, 2.45) is 0 Å². The van der Waals surface area contributed by atoms with E-state index >= 15 is 0 Å². The molecular formula is C30H28F12N10O2. The van der Waals surface area contributed by atoms with Gasteiger partial charge in [-0.05, 0) is 51.0 Å². The van der Waals surface area contributed by atoms with Crippen molar-refractivity contribution in [2.75, 3.05) is 34.4 Å². The Bertz CT molecular complexity index is 1680. The monoisotopic (exact) mass is 788 g/mol. The van der Waals surface area contributed by atoms with Crippen LogP contribution in [0.5, 0.6) is 12.0 Å². The van der Waals surface area contributed by atoms with Gasteiger partial charge in [-0.15, -0.1) is 4.98 Å². The van der Waals surface area contributed by atoms with Crippen LogP contribution in [0.15, 0.2) is 48.5 Å². The minimum Gasteiger partial charge on any atom is -0.440 e. The van der Waals surface area contributed by atoms with E-state index < -0.39 is 54.9 Å². The fourth-order valence-electron chi connectivity index (χ4n) is 4.12. The van der Waals surface area contributed by atoms with E-state index in [-0.39, 0.29) is 43.8 Å². The summed E-state index contributed by atoms with van der Waals surface area (Å²) < 4.78 is 164. The van der Waals surface area contributed by atoms with Crippen molar-refractivity contribution in [1.29, 1.82) is 0 Å². The quantitative estimate of drug-likeness (QED) is 0.0681. The van der Waals surface area contributed by atoms with E-state index in [2.05, 4.69) is 60.6 Å². The Balaban J connectivity index is 1.45. The Labute approximate surface area is 297 Å². The van der Waals surface area contributed by atoms with Crippen LogP contribution in [0.25, 0.3) is 0 Å². The summed E-state index contributed by atoms with van der Waals surface area (Å²) in [5, 5.41) is 11.3. The molecule has 0 bridgehead atoms. The van der Waals surface area contributed by atoms with E-state index in [9.17, 15) is 52.7 Å². The zero-order chi connectivity index (χ0) is 39.9. The van der Waals surface area contributed by atoms with Crippen LogP contribution >= 0.6 is 0 Å². The van der Waals surface area contributed by atoms with Gasteiger partial charge in [0.1, 0.15) is 0 Å². The van der Waals surface area contributed by atoms with Crippen molar-refractivity contribution in [1.82, 2.24) is 29.9 Å². The number of aromatic nitrogens is 6. The molecule has 0 fully saturated rings. The van der Waals surface area contributed by atoms with Gasteiger partial charge >= 0.3 is 36.7 Å². The van der Waals surface area contributed by atoms with E-state index in [0.29, 0.717) is 11.4 Å². The number of benzene rings is 2. The van der Waals surface area contributed by atoms with Crippen LogP contribution in [-0.2, 0) is 0 Å². The number of ether oxygens (including phenoxy) is 2. The number of anilines is 6. The molecule has 0 unspecified atom stereocenters. The molecule has 4 rings (SSSR count). The Kier molecular flexibility index (Phi) is 12.7. The summed E-state index contributed by atoms with van der Waals surface area (Å²) >= 11 is 0. The minimum atomic E-state index is -6.14. The molecule has 24 heteroatoms. The summed E-state index contributed by atoms with van der Waals surface area (Å²) in [6.45, 7) is 3.71. The molecule has 0 aliphatic carbocycles. The largest absolute Gasteiger partial charge is 0.440 e. The fourth-order valence-corrected chi connectivity index (χ4v) is 4.12. The Hall–Kier alpha value is -5.58. The van der Waals surface area contributed by atoms with E-state index in [1.807, 2.05) is 38.1 Å². The summed E-state index contributed by atoms with van der Waals surface area (Å²) in [6.07, 6.45) is -33.4. The van der Waals surface area contributed by atoms with Crippen LogP contribution in [0.1, 0.15) is 24.0 Å². The summed E-state index contributed by atoms with van der Waals surface area (Å²) in [7, 11) is 0. The highest BCUT2D eigenvalue weighted by molar-refractivity contribution is 5.59. The first-order chi connectivity index (χ1) is 25.1. The number of halogens is 12. The highest BCUT2D eigenvalue weighted by Gasteiger charge is 2.61. The minimum absolute atomic E-state index is 0.107. The summed E-state index contributed by atoms with van der Waals surface area (Å²) in [4.78, 5) is 22.0. The predicted molar refractivity (Wildman–Crippen MR) is 168 cm³/mol. The average Bonchev–Trinajstić information content (AvgIpc) is 3.04.